The maximum Gasteiger partial charge on any atom is 2.00 e. The Kier molecular flexibility index (Phi) is 15.1. The van der Waals surface area contributed by atoms with Gasteiger partial charge >= 0.3 is 42.1 Å². The molecule has 0 unspecified atom stereocenters. The molecular formula is C68H44N8Pt2. The SMILES string of the molecule is [Pt+2].[Pt+2].[c-]1ccccc1-c1ccccn1.[c-]1ccccc1-c1ccccn1.c1cnc2[n-]c3ccc(-n4c5ccccc5c5ccccc54)cc3c2c1.c1cnc2[n-]c3ccc(-n4c5ccccc5c5ccccc54)cc3c2c1. The van der Waals surface area contributed by atoms with Crippen LogP contribution in [0.4, 0.5) is 0 Å². The van der Waals surface area contributed by atoms with Crippen molar-refractivity contribution in [1.82, 2.24) is 39.0 Å². The third-order valence-electron chi connectivity index (χ3n) is 13.5. The summed E-state index contributed by atoms with van der Waals surface area (Å²) in [4.78, 5) is 26.5. The summed E-state index contributed by atoms with van der Waals surface area (Å²) in [6.45, 7) is 0. The van der Waals surface area contributed by atoms with Crippen molar-refractivity contribution >= 4 is 87.5 Å². The first-order chi connectivity index (χ1) is 37.7. The van der Waals surface area contributed by atoms with E-state index in [4.69, 9.17) is 0 Å². The Bertz CT molecular complexity index is 4170. The predicted octanol–water partition coefficient (Wildman–Crippen LogP) is 16.0. The summed E-state index contributed by atoms with van der Waals surface area (Å²) in [5, 5.41) is 9.59. The van der Waals surface area contributed by atoms with Crippen LogP contribution < -0.4 is 9.97 Å². The Hall–Kier alpha value is -9.06. The van der Waals surface area contributed by atoms with Gasteiger partial charge in [0.25, 0.3) is 0 Å². The molecule has 0 bridgehead atoms. The van der Waals surface area contributed by atoms with Gasteiger partial charge < -0.3 is 39.0 Å². The molecule has 0 radical (unpaired) electrons. The summed E-state index contributed by atoms with van der Waals surface area (Å²) in [6, 6.07) is 89.0. The third-order valence-corrected chi connectivity index (χ3v) is 13.5. The van der Waals surface area contributed by atoms with Crippen LogP contribution in [0, 0.1) is 12.1 Å². The van der Waals surface area contributed by atoms with Gasteiger partial charge in [-0.25, -0.2) is 0 Å². The van der Waals surface area contributed by atoms with E-state index in [0.717, 1.165) is 77.8 Å². The van der Waals surface area contributed by atoms with Crippen LogP contribution in [0.25, 0.3) is 121 Å². The smallest absolute Gasteiger partial charge is 0.442 e. The van der Waals surface area contributed by atoms with Crippen molar-refractivity contribution in [3.63, 3.8) is 0 Å². The van der Waals surface area contributed by atoms with Gasteiger partial charge in [0.1, 0.15) is 0 Å². The molecule has 0 atom stereocenters. The van der Waals surface area contributed by atoms with Crippen LogP contribution in [0.1, 0.15) is 0 Å². The summed E-state index contributed by atoms with van der Waals surface area (Å²) in [6.07, 6.45) is 7.16. The minimum Gasteiger partial charge on any atom is -0.442 e. The van der Waals surface area contributed by atoms with Crippen LogP contribution in [-0.2, 0) is 42.1 Å². The van der Waals surface area contributed by atoms with Crippen molar-refractivity contribution in [3.05, 3.63) is 280 Å². The largest absolute Gasteiger partial charge is 2.00 e. The Morgan fingerprint density at radius 3 is 1.00 bits per heavy atom. The number of pyridine rings is 4. The van der Waals surface area contributed by atoms with E-state index in [9.17, 15) is 0 Å². The van der Waals surface area contributed by atoms with Crippen LogP contribution >= 0.6 is 0 Å². The van der Waals surface area contributed by atoms with Gasteiger partial charge in [0.15, 0.2) is 0 Å². The average molecular weight is 1360 g/mol. The summed E-state index contributed by atoms with van der Waals surface area (Å²) in [7, 11) is 0. The van der Waals surface area contributed by atoms with Gasteiger partial charge in [-0.15, -0.1) is 71.8 Å². The van der Waals surface area contributed by atoms with Gasteiger partial charge in [0, 0.05) is 45.3 Å². The number of rotatable bonds is 4. The number of hydrogen-bond donors (Lipinski definition) is 0. The molecule has 16 rings (SSSR count). The fourth-order valence-corrected chi connectivity index (χ4v) is 10.1. The van der Waals surface area contributed by atoms with Crippen molar-refractivity contribution in [2.75, 3.05) is 0 Å². The minimum atomic E-state index is 0. The molecule has 8 nitrogen and oxygen atoms in total. The Morgan fingerprint density at radius 1 is 0.295 bits per heavy atom. The maximum absolute atomic E-state index is 4.64. The molecule has 376 valence electrons. The maximum atomic E-state index is 4.64. The minimum absolute atomic E-state index is 0. The van der Waals surface area contributed by atoms with E-state index in [-0.39, 0.29) is 42.1 Å². The summed E-state index contributed by atoms with van der Waals surface area (Å²) in [5.41, 5.74) is 14.8. The van der Waals surface area contributed by atoms with Gasteiger partial charge in [-0.05, 0) is 105 Å². The van der Waals surface area contributed by atoms with E-state index in [1.165, 1.54) is 43.6 Å². The van der Waals surface area contributed by atoms with Crippen LogP contribution in [0.2, 0.25) is 0 Å². The molecule has 0 aliphatic carbocycles. The quantitative estimate of drug-likeness (QED) is 0.163. The average Bonchev–Trinajstić information content (AvgIpc) is 4.45. The van der Waals surface area contributed by atoms with Crippen molar-refractivity contribution in [2.24, 2.45) is 0 Å². The molecule has 10 heteroatoms. The Balaban J connectivity index is 0.000000116. The third kappa shape index (κ3) is 9.96. The fraction of sp³-hybridized carbons (Fsp3) is 0. The summed E-state index contributed by atoms with van der Waals surface area (Å²) < 4.78 is 4.67. The topological polar surface area (TPSA) is 89.6 Å². The molecule has 0 saturated carbocycles. The van der Waals surface area contributed by atoms with Crippen molar-refractivity contribution in [2.45, 2.75) is 0 Å². The Morgan fingerprint density at radius 2 is 0.641 bits per heavy atom. The monoisotopic (exact) mass is 1360 g/mol. The normalized spacial score (nSPS) is 10.9. The number of para-hydroxylation sites is 4. The van der Waals surface area contributed by atoms with Gasteiger partial charge in [-0.2, -0.15) is 0 Å². The molecule has 0 saturated heterocycles. The zero-order chi connectivity index (χ0) is 50.6. The van der Waals surface area contributed by atoms with E-state index < -0.39 is 0 Å². The molecule has 16 aromatic rings. The van der Waals surface area contributed by atoms with Crippen molar-refractivity contribution < 1.29 is 42.1 Å². The second-order valence-electron chi connectivity index (χ2n) is 18.1. The number of aromatic nitrogens is 8. The molecule has 0 aliphatic heterocycles. The first-order valence-corrected chi connectivity index (χ1v) is 25.1. The number of fused-ring (bicyclic) bond motifs is 12. The molecule has 78 heavy (non-hydrogen) atoms. The standard InChI is InChI=1S/2C23H14N3.2C11H8N.2Pt/c2*1-3-9-21-16(6-1)17-7-2-4-10-22(17)26(21)15-11-12-20-19(14-15)18-8-5-13-24-23(18)25-20;2*1-2-6-10(7-3-1)11-8-4-5-9-12-11;;/h2*1-14H;2*1-6,8-9H;;/q4*-1;2*+2. The number of nitrogens with zero attached hydrogens (tertiary/aromatic N) is 8. The van der Waals surface area contributed by atoms with E-state index in [2.05, 4.69) is 197 Å². The van der Waals surface area contributed by atoms with Crippen LogP contribution in [0.5, 0.6) is 0 Å². The molecule has 0 N–H and O–H groups in total. The first-order valence-electron chi connectivity index (χ1n) is 25.1. The fourth-order valence-electron chi connectivity index (χ4n) is 10.1. The zero-order valence-corrected chi connectivity index (χ0v) is 46.2. The van der Waals surface area contributed by atoms with Crippen molar-refractivity contribution in [1.29, 1.82) is 0 Å². The molecule has 8 heterocycles. The molecule has 8 aromatic heterocycles. The molecule has 0 fully saturated rings. The molecule has 0 amide bonds. The van der Waals surface area contributed by atoms with E-state index >= 15 is 0 Å². The van der Waals surface area contributed by atoms with Gasteiger partial charge in [0.2, 0.25) is 0 Å². The second-order valence-corrected chi connectivity index (χ2v) is 18.1. The molecule has 0 aliphatic rings. The molecular weight excluding hydrogens is 1320 g/mol. The van der Waals surface area contributed by atoms with Crippen LogP contribution in [0.15, 0.2) is 267 Å². The molecule has 0 spiro atoms. The van der Waals surface area contributed by atoms with Crippen molar-refractivity contribution in [3.8, 4) is 33.9 Å². The summed E-state index contributed by atoms with van der Waals surface area (Å²) in [5.74, 6) is 0. The summed E-state index contributed by atoms with van der Waals surface area (Å²) >= 11 is 0. The van der Waals surface area contributed by atoms with Gasteiger partial charge in [0.05, 0.1) is 22.1 Å². The van der Waals surface area contributed by atoms with E-state index in [1.54, 1.807) is 24.8 Å². The number of hydrogen-bond acceptors (Lipinski definition) is 4. The van der Waals surface area contributed by atoms with Crippen LogP contribution in [-0.4, -0.2) is 29.1 Å². The first kappa shape index (κ1) is 51.1. The second kappa shape index (κ2) is 23.0. The van der Waals surface area contributed by atoms with Gasteiger partial charge in [-0.3, -0.25) is 0 Å². The zero-order valence-electron chi connectivity index (χ0n) is 41.6. The molecule has 8 aromatic carbocycles. The van der Waals surface area contributed by atoms with E-state index in [0.29, 0.717) is 0 Å². The number of benzene rings is 8. The predicted molar refractivity (Wildman–Crippen MR) is 311 cm³/mol. The van der Waals surface area contributed by atoms with Crippen LogP contribution in [0.3, 0.4) is 0 Å². The van der Waals surface area contributed by atoms with E-state index in [1.807, 2.05) is 97.1 Å². The van der Waals surface area contributed by atoms with Gasteiger partial charge in [-0.1, -0.05) is 157 Å². The Labute approximate surface area is 478 Å².